The molecule has 24 heavy (non-hydrogen) atoms. The third kappa shape index (κ3) is 4.74. The minimum absolute atomic E-state index is 1.05. The normalized spacial score (nSPS) is 11.0. The van der Waals surface area contributed by atoms with Crippen LogP contribution in [0.5, 0.6) is 0 Å². The van der Waals surface area contributed by atoms with Gasteiger partial charge < -0.3 is 0 Å². The quantitative estimate of drug-likeness (QED) is 0.177. The summed E-state index contributed by atoms with van der Waals surface area (Å²) in [7, 11) is 2.05. The van der Waals surface area contributed by atoms with Crippen LogP contribution in [0.2, 0.25) is 0 Å². The summed E-state index contributed by atoms with van der Waals surface area (Å²) < 4.78 is 6.66. The molecule has 124 valence electrons. The molecule has 0 aliphatic heterocycles. The van der Waals surface area contributed by atoms with Gasteiger partial charge in [-0.2, -0.15) is 3.71 Å². The van der Waals surface area contributed by atoms with E-state index in [4.69, 9.17) is 0 Å². The maximum atomic E-state index is 4.65. The van der Waals surface area contributed by atoms with E-state index in [9.17, 15) is 0 Å². The summed E-state index contributed by atoms with van der Waals surface area (Å²) in [6, 6.07) is 16.5. The zero-order valence-electron chi connectivity index (χ0n) is 12.3. The van der Waals surface area contributed by atoms with Gasteiger partial charge in [-0.05, 0) is 24.3 Å². The van der Waals surface area contributed by atoms with E-state index in [0.717, 1.165) is 19.7 Å². The van der Waals surface area contributed by atoms with Crippen LogP contribution in [-0.4, -0.2) is 20.7 Å². The van der Waals surface area contributed by atoms with Crippen LogP contribution in [-0.2, 0) is 0 Å². The molecular formula is C15H11I2N3S4. The van der Waals surface area contributed by atoms with E-state index in [1.54, 1.807) is 46.6 Å². The molecule has 0 spiro atoms. The van der Waals surface area contributed by atoms with Crippen LogP contribution >= 0.6 is 83.8 Å². The zero-order valence-corrected chi connectivity index (χ0v) is 19.9. The monoisotopic (exact) mass is 615 g/mol. The first-order chi connectivity index (χ1) is 11.8. The van der Waals surface area contributed by atoms with Gasteiger partial charge in [0.25, 0.3) is 0 Å². The molecule has 3 nitrogen and oxygen atoms in total. The first kappa shape index (κ1) is 19.1. The second-order valence-electron chi connectivity index (χ2n) is 4.52. The summed E-state index contributed by atoms with van der Waals surface area (Å²) in [5.41, 5.74) is 2.13. The van der Waals surface area contributed by atoms with Crippen molar-refractivity contribution in [1.82, 2.24) is 13.7 Å². The Balaban J connectivity index is 0.000000815. The lowest BCUT2D eigenvalue weighted by Gasteiger charge is -2.09. The molecule has 4 aromatic rings. The molecule has 0 radical (unpaired) electrons. The fraction of sp³-hybridized carbons (Fsp3) is 0.0667. The van der Waals surface area contributed by atoms with Gasteiger partial charge in [-0.1, -0.05) is 24.3 Å². The number of aromatic nitrogens is 2. The number of hydrogen-bond acceptors (Lipinski definition) is 7. The number of hydrogen-bond donors (Lipinski definition) is 0. The first-order valence-corrected chi connectivity index (χ1v) is 16.2. The molecule has 0 amide bonds. The van der Waals surface area contributed by atoms with Crippen LogP contribution in [0.1, 0.15) is 0 Å². The Bertz CT molecular complexity index is 798. The Morgan fingerprint density at radius 3 is 1.62 bits per heavy atom. The molecule has 0 bridgehead atoms. The minimum atomic E-state index is 1.05. The predicted octanol–water partition coefficient (Wildman–Crippen LogP) is 7.32. The Labute approximate surface area is 180 Å². The van der Waals surface area contributed by atoms with Crippen LogP contribution in [0.4, 0.5) is 0 Å². The minimum Gasteiger partial charge on any atom is -0.228 e. The van der Waals surface area contributed by atoms with Crippen LogP contribution in [0.3, 0.4) is 0 Å². The molecule has 0 unspecified atom stereocenters. The Hall–Kier alpha value is 0.340. The molecule has 2 aromatic heterocycles. The van der Waals surface area contributed by atoms with Gasteiger partial charge in [0.2, 0.25) is 0 Å². The summed E-state index contributed by atoms with van der Waals surface area (Å²) in [6.45, 7) is 0. The molecule has 0 fully saturated rings. The van der Waals surface area contributed by atoms with Crippen LogP contribution in [0.25, 0.3) is 20.4 Å². The van der Waals surface area contributed by atoms with Gasteiger partial charge in [0.05, 0.1) is 20.4 Å². The highest BCUT2D eigenvalue weighted by molar-refractivity contribution is 15.0. The third-order valence-electron chi connectivity index (χ3n) is 2.96. The SMILES string of the molecule is CN(Sc1nc2ccccc2s1)Sc1nc2ccccc2s1.II. The number of rotatable bonds is 4. The molecule has 0 saturated heterocycles. The summed E-state index contributed by atoms with van der Waals surface area (Å²) in [5.74, 6) is 0. The molecule has 0 N–H and O–H groups in total. The fourth-order valence-corrected chi connectivity index (χ4v) is 6.49. The lowest BCUT2D eigenvalue weighted by atomic mass is 10.3. The highest BCUT2D eigenvalue weighted by Crippen LogP contribution is 2.38. The highest BCUT2D eigenvalue weighted by Gasteiger charge is 2.11. The standard InChI is InChI=1S/C15H11N3S4.I2/c1-18(21-14-16-10-6-2-4-8-12(10)19-14)22-15-17-11-7-3-5-9-13(11)20-15;1-2/h2-9H,1H3;. The van der Waals surface area contributed by atoms with Crippen molar-refractivity contribution < 1.29 is 0 Å². The van der Waals surface area contributed by atoms with Crippen LogP contribution in [0.15, 0.2) is 57.2 Å². The summed E-state index contributed by atoms with van der Waals surface area (Å²) in [4.78, 5) is 9.29. The summed E-state index contributed by atoms with van der Waals surface area (Å²) in [6.07, 6.45) is 0. The van der Waals surface area contributed by atoms with Gasteiger partial charge in [0, 0.05) is 68.2 Å². The molecule has 0 atom stereocenters. The smallest absolute Gasteiger partial charge is 0.167 e. The Morgan fingerprint density at radius 2 is 1.21 bits per heavy atom. The van der Waals surface area contributed by atoms with Crippen LogP contribution in [0, 0.1) is 0 Å². The number of benzene rings is 2. The topological polar surface area (TPSA) is 29.0 Å². The van der Waals surface area contributed by atoms with Crippen LogP contribution < -0.4 is 0 Å². The maximum absolute atomic E-state index is 4.65. The van der Waals surface area contributed by atoms with Crippen molar-refractivity contribution in [3.05, 3.63) is 48.5 Å². The van der Waals surface area contributed by atoms with E-state index >= 15 is 0 Å². The molecule has 0 aliphatic carbocycles. The number of fused-ring (bicyclic) bond motifs is 2. The number of thiazole rings is 2. The highest BCUT2D eigenvalue weighted by atomic mass is 128. The molecule has 0 saturated carbocycles. The van der Waals surface area contributed by atoms with Gasteiger partial charge in [-0.15, -0.1) is 22.7 Å². The largest absolute Gasteiger partial charge is 0.228 e. The van der Waals surface area contributed by atoms with E-state index in [0.29, 0.717) is 0 Å². The van der Waals surface area contributed by atoms with Gasteiger partial charge in [0.1, 0.15) is 0 Å². The maximum Gasteiger partial charge on any atom is 0.167 e. The van der Waals surface area contributed by atoms with Gasteiger partial charge in [-0.3, -0.25) is 0 Å². The lowest BCUT2D eigenvalue weighted by Crippen LogP contribution is -1.96. The van der Waals surface area contributed by atoms with Crippen molar-refractivity contribution in [3.63, 3.8) is 0 Å². The first-order valence-electron chi connectivity index (χ1n) is 6.73. The number of para-hydroxylation sites is 2. The second kappa shape index (κ2) is 9.33. The molecule has 4 rings (SSSR count). The van der Waals surface area contributed by atoms with E-state index in [1.807, 2.05) is 19.2 Å². The van der Waals surface area contributed by atoms with Crippen molar-refractivity contribution >= 4 is 104 Å². The number of halogens is 2. The second-order valence-corrected chi connectivity index (χ2v) is 9.56. The zero-order chi connectivity index (χ0) is 16.9. The fourth-order valence-electron chi connectivity index (χ4n) is 2.02. The van der Waals surface area contributed by atoms with Gasteiger partial charge in [-0.25, -0.2) is 9.97 Å². The van der Waals surface area contributed by atoms with E-state index in [1.165, 1.54) is 9.40 Å². The van der Waals surface area contributed by atoms with Crippen molar-refractivity contribution in [2.75, 3.05) is 7.05 Å². The van der Waals surface area contributed by atoms with Crippen molar-refractivity contribution in [2.45, 2.75) is 8.68 Å². The molecule has 2 heterocycles. The molecular weight excluding hydrogens is 604 g/mol. The average molecular weight is 615 g/mol. The van der Waals surface area contributed by atoms with E-state index in [-0.39, 0.29) is 0 Å². The summed E-state index contributed by atoms with van der Waals surface area (Å²) in [5, 5.41) is 0. The molecule has 2 aromatic carbocycles. The average Bonchev–Trinajstić information content (AvgIpc) is 3.18. The molecule has 9 heteroatoms. The van der Waals surface area contributed by atoms with E-state index in [2.05, 4.69) is 87.3 Å². The van der Waals surface area contributed by atoms with Crippen molar-refractivity contribution in [1.29, 1.82) is 0 Å². The number of nitrogens with zero attached hydrogens (tertiary/aromatic N) is 3. The van der Waals surface area contributed by atoms with E-state index < -0.39 is 0 Å². The summed E-state index contributed by atoms with van der Waals surface area (Å²) >= 11 is 11.0. The molecule has 0 aliphatic rings. The van der Waals surface area contributed by atoms with Crippen molar-refractivity contribution in [2.24, 2.45) is 0 Å². The van der Waals surface area contributed by atoms with Gasteiger partial charge in [0.15, 0.2) is 8.68 Å². The Kier molecular flexibility index (Phi) is 7.43. The van der Waals surface area contributed by atoms with Crippen molar-refractivity contribution in [3.8, 4) is 0 Å². The lowest BCUT2D eigenvalue weighted by molar-refractivity contribution is 0.935. The van der Waals surface area contributed by atoms with Gasteiger partial charge >= 0.3 is 0 Å². The third-order valence-corrected chi connectivity index (χ3v) is 7.03. The predicted molar refractivity (Wildman–Crippen MR) is 127 cm³/mol. The Morgan fingerprint density at radius 1 is 0.792 bits per heavy atom.